The van der Waals surface area contributed by atoms with Gasteiger partial charge in [0.25, 0.3) is 5.56 Å². The molecule has 194 valence electrons. The minimum Gasteiger partial charge on any atom is -0.387 e. The van der Waals surface area contributed by atoms with E-state index in [1.165, 1.54) is 0 Å². The number of aromatic amines is 1. The van der Waals surface area contributed by atoms with Gasteiger partial charge in [-0.2, -0.15) is 13.6 Å². The molecule has 0 aromatic carbocycles. The molecule has 2 aromatic rings. The summed E-state index contributed by atoms with van der Waals surface area (Å²) in [6.07, 6.45) is -0.0591. The van der Waals surface area contributed by atoms with Crippen LogP contribution in [0.2, 0.25) is 0 Å². The summed E-state index contributed by atoms with van der Waals surface area (Å²) in [6.45, 7) is 1.05. The van der Waals surface area contributed by atoms with E-state index < -0.39 is 58.4 Å². The molecule has 3 unspecified atom stereocenters. The largest absolute Gasteiger partial charge is 0.490 e. The van der Waals surface area contributed by atoms with Crippen LogP contribution < -0.4 is 11.3 Å². The predicted octanol–water partition coefficient (Wildman–Crippen LogP) is -0.697. The van der Waals surface area contributed by atoms with Crippen LogP contribution in [0.5, 0.6) is 0 Å². The van der Waals surface area contributed by atoms with Crippen molar-refractivity contribution in [3.63, 3.8) is 0 Å². The van der Waals surface area contributed by atoms with Gasteiger partial charge in [-0.1, -0.05) is 17.5 Å². The Bertz CT molecular complexity index is 1390. The fourth-order valence-electron chi connectivity index (χ4n) is 3.18. The Hall–Kier alpha value is -1.67. The second kappa shape index (κ2) is 9.33. The van der Waals surface area contributed by atoms with Crippen molar-refractivity contribution in [2.24, 2.45) is 0 Å². The lowest BCUT2D eigenvalue weighted by molar-refractivity contribution is -0.0728. The normalized spacial score (nSPS) is 29.4. The lowest BCUT2D eigenvalue weighted by Gasteiger charge is -2.26. The number of hydrogen-bond donors (Lipinski definition) is 7. The first-order chi connectivity index (χ1) is 15.9. The van der Waals surface area contributed by atoms with Gasteiger partial charge in [-0.25, -0.2) is 18.7 Å². The molecule has 0 amide bonds. The number of fused-ring (bicyclic) bond motifs is 1. The number of nitrogen functional groups attached to an aromatic ring is 1. The number of terminal acetylenes is 1. The lowest BCUT2D eigenvalue weighted by Crippen LogP contribution is -2.43. The summed E-state index contributed by atoms with van der Waals surface area (Å²) in [7, 11) is -17.0. The fourth-order valence-corrected chi connectivity index (χ4v) is 6.66. The van der Waals surface area contributed by atoms with E-state index in [2.05, 4.69) is 34.0 Å². The molecule has 3 rings (SSSR count). The highest BCUT2D eigenvalue weighted by Gasteiger charge is 2.58. The molecule has 0 aliphatic carbocycles. The van der Waals surface area contributed by atoms with Crippen LogP contribution >= 0.6 is 35.1 Å². The number of aliphatic hydroxyl groups is 1. The first-order valence-electron chi connectivity index (χ1n) is 8.94. The molecule has 2 aromatic heterocycles. The summed E-state index contributed by atoms with van der Waals surface area (Å²) in [5.74, 6) is 1.83. The Kier molecular flexibility index (Phi) is 7.44. The number of halogens is 1. The number of hydrogen-bond acceptors (Lipinski definition) is 12. The van der Waals surface area contributed by atoms with E-state index in [9.17, 15) is 33.4 Å². The van der Waals surface area contributed by atoms with Crippen LogP contribution in [0.3, 0.4) is 0 Å². The molecule has 22 heteroatoms. The molecule has 7 atom stereocenters. The zero-order valence-electron chi connectivity index (χ0n) is 17.1. The van der Waals surface area contributed by atoms with Gasteiger partial charge in [0.2, 0.25) is 5.95 Å². The number of imidazole rings is 1. The molecule has 35 heavy (non-hydrogen) atoms. The van der Waals surface area contributed by atoms with E-state index in [1.54, 1.807) is 0 Å². The van der Waals surface area contributed by atoms with E-state index in [0.29, 0.717) is 0 Å². The Morgan fingerprint density at radius 3 is 2.51 bits per heavy atom. The van der Waals surface area contributed by atoms with Crippen LogP contribution in [0.4, 0.5) is 5.95 Å². The van der Waals surface area contributed by atoms with Crippen LogP contribution in [0.25, 0.3) is 11.2 Å². The summed E-state index contributed by atoms with van der Waals surface area (Å²) < 4.78 is 53.1. The monoisotopic (exact) mass is 579 g/mol. The SMILES string of the molecule is C#CC1(Cl)[C@@H](O)[C@@H]([C@H](C)OP(=O)(O)OP(=O)(O)OP(=O)(O)O)O[C@H]1n1cnc2c(=O)[nH]c(N)nc21. The molecule has 1 saturated heterocycles. The average molecular weight is 580 g/mol. The third kappa shape index (κ3) is 5.85. The van der Waals surface area contributed by atoms with Crippen molar-refractivity contribution in [2.45, 2.75) is 36.3 Å². The second-order valence-electron chi connectivity index (χ2n) is 6.99. The summed E-state index contributed by atoms with van der Waals surface area (Å²) in [5, 5.41) is 10.7. The third-order valence-corrected chi connectivity index (χ3v) is 8.94. The summed E-state index contributed by atoms with van der Waals surface area (Å²) in [6, 6.07) is 0. The minimum atomic E-state index is -5.79. The van der Waals surface area contributed by atoms with E-state index in [1.807, 2.05) is 0 Å². The Balaban J connectivity index is 1.89. The lowest BCUT2D eigenvalue weighted by atomic mass is 9.97. The topological polar surface area (TPSA) is 279 Å². The van der Waals surface area contributed by atoms with Crippen molar-refractivity contribution in [3.05, 3.63) is 16.7 Å². The summed E-state index contributed by atoms with van der Waals surface area (Å²) >= 11 is 6.42. The van der Waals surface area contributed by atoms with Gasteiger partial charge in [0.15, 0.2) is 22.3 Å². The smallest absolute Gasteiger partial charge is 0.387 e. The van der Waals surface area contributed by atoms with Gasteiger partial charge < -0.3 is 35.2 Å². The van der Waals surface area contributed by atoms with Crippen LogP contribution in [0.1, 0.15) is 13.2 Å². The molecule has 0 radical (unpaired) electrons. The Morgan fingerprint density at radius 2 is 1.94 bits per heavy atom. The highest BCUT2D eigenvalue weighted by atomic mass is 35.5. The van der Waals surface area contributed by atoms with Crippen LogP contribution in [-0.4, -0.2) is 67.4 Å². The van der Waals surface area contributed by atoms with Crippen molar-refractivity contribution >= 4 is 52.2 Å². The Labute approximate surface area is 199 Å². The molecule has 18 nitrogen and oxygen atoms in total. The average Bonchev–Trinajstić information content (AvgIpc) is 3.18. The maximum atomic E-state index is 12.1. The van der Waals surface area contributed by atoms with E-state index in [-0.39, 0.29) is 17.1 Å². The molecule has 1 aliphatic heterocycles. The van der Waals surface area contributed by atoms with Gasteiger partial charge >= 0.3 is 23.5 Å². The van der Waals surface area contributed by atoms with Crippen molar-refractivity contribution in [1.82, 2.24) is 19.5 Å². The van der Waals surface area contributed by atoms with Crippen molar-refractivity contribution in [2.75, 3.05) is 5.73 Å². The van der Waals surface area contributed by atoms with Crippen molar-refractivity contribution < 1.29 is 56.3 Å². The number of H-pyrrole nitrogens is 1. The number of phosphoric acid groups is 3. The molecule has 1 fully saturated rings. The highest BCUT2D eigenvalue weighted by Crippen LogP contribution is 2.66. The number of ether oxygens (including phenoxy) is 1. The molecule has 8 N–H and O–H groups in total. The number of rotatable bonds is 8. The van der Waals surface area contributed by atoms with Crippen LogP contribution in [0.15, 0.2) is 11.1 Å². The zero-order valence-corrected chi connectivity index (χ0v) is 20.5. The second-order valence-corrected chi connectivity index (χ2v) is 12.0. The van der Waals surface area contributed by atoms with Crippen molar-refractivity contribution in [1.29, 1.82) is 0 Å². The number of phosphoric ester groups is 1. The Morgan fingerprint density at radius 1 is 1.31 bits per heavy atom. The first kappa shape index (κ1) is 27.9. The molecule has 3 heterocycles. The number of alkyl halides is 1. The molecule has 0 saturated carbocycles. The maximum absolute atomic E-state index is 12.1. The maximum Gasteiger partial charge on any atom is 0.490 e. The number of nitrogens with zero attached hydrogens (tertiary/aromatic N) is 3. The number of anilines is 1. The molecular formula is C13H17ClN5O13P3. The van der Waals surface area contributed by atoms with Gasteiger partial charge in [0.05, 0.1) is 12.4 Å². The molecular weight excluding hydrogens is 563 g/mol. The first-order valence-corrected chi connectivity index (χ1v) is 13.8. The van der Waals surface area contributed by atoms with Gasteiger partial charge in [-0.15, -0.1) is 6.42 Å². The molecule has 0 spiro atoms. The number of nitrogens with two attached hydrogens (primary N) is 1. The highest BCUT2D eigenvalue weighted by molar-refractivity contribution is 7.66. The fraction of sp³-hybridized carbons (Fsp3) is 0.462. The van der Waals surface area contributed by atoms with Gasteiger partial charge in [0.1, 0.15) is 12.2 Å². The molecule has 0 bridgehead atoms. The number of aromatic nitrogens is 4. The number of aliphatic hydroxyl groups excluding tert-OH is 1. The van der Waals surface area contributed by atoms with Gasteiger partial charge in [-0.05, 0) is 6.92 Å². The number of nitrogens with one attached hydrogen (secondary N) is 1. The zero-order chi connectivity index (χ0) is 26.6. The van der Waals surface area contributed by atoms with Crippen molar-refractivity contribution in [3.8, 4) is 12.3 Å². The van der Waals surface area contributed by atoms with E-state index in [4.69, 9.17) is 38.3 Å². The van der Waals surface area contributed by atoms with E-state index >= 15 is 0 Å². The van der Waals surface area contributed by atoms with E-state index in [0.717, 1.165) is 17.8 Å². The predicted molar refractivity (Wildman–Crippen MR) is 114 cm³/mol. The van der Waals surface area contributed by atoms with Crippen LogP contribution in [-0.2, 0) is 31.6 Å². The quantitative estimate of drug-likeness (QED) is 0.116. The van der Waals surface area contributed by atoms with Crippen LogP contribution in [0, 0.1) is 12.3 Å². The standard InChI is InChI=1S/C13H17ClN5O13P3/c1-3-13(14)8(20)7(5(2)30-34(25,26)32-35(27,28)31-33(22,23)24)29-11(13)19-4-16-6-9(19)17-12(15)18-10(6)21/h1,4-5,7-8,11,20H,2H3,(H,25,26)(H,27,28)(H2,22,23,24)(H3,15,17,18,21)/t5-,7+,8-,11+,13?/m0/s1. The third-order valence-electron chi connectivity index (χ3n) is 4.49. The summed E-state index contributed by atoms with van der Waals surface area (Å²) in [4.78, 5) is 56.2. The van der Waals surface area contributed by atoms with Gasteiger partial charge in [0, 0.05) is 0 Å². The molecule has 1 aliphatic rings. The minimum absolute atomic E-state index is 0.134. The van der Waals surface area contributed by atoms with Gasteiger partial charge in [-0.3, -0.25) is 18.9 Å². The summed E-state index contributed by atoms with van der Waals surface area (Å²) in [5.41, 5.74) is 4.52.